The maximum atomic E-state index is 10.5. The van der Waals surface area contributed by atoms with Crippen LogP contribution < -0.4 is 14.7 Å². The van der Waals surface area contributed by atoms with Crippen LogP contribution in [0.5, 0.6) is 0 Å². The van der Waals surface area contributed by atoms with E-state index in [0.717, 1.165) is 159 Å². The molecule has 0 aromatic heterocycles. The first kappa shape index (κ1) is 71.9. The molecule has 3 aliphatic carbocycles. The Morgan fingerprint density at radius 2 is 0.450 bits per heavy atom. The first-order chi connectivity index (χ1) is 59.3. The van der Waals surface area contributed by atoms with Crippen molar-refractivity contribution in [2.45, 2.75) is 94.8 Å². The van der Waals surface area contributed by atoms with E-state index in [0.29, 0.717) is 16.7 Å². The summed E-state index contributed by atoms with van der Waals surface area (Å²) >= 11 is 0. The Hall–Kier alpha value is -14.6. The maximum Gasteiger partial charge on any atom is 0.0991 e. The second-order valence-corrected chi connectivity index (χ2v) is 33.3. The SMILES string of the molecule is CCCCc1ccc(N2c3ccccc3C3(c4cc(-c5ccc(C#N)cc5)ccc4-c4c3c3c(c5c4C4(c6cc(-c7ccc(C#N)cc7)ccc6-5)c5ccccc5N(c5ccc(CCCC)cc5)c5ccccc54)C4(c5cc(-c6ccc(C#N)cc6)ccc5-3)c3ccccc3N(c3ccc(CCCC)cc3)c3ccccc34)c3ccccc32)cc1. The molecule has 0 fully saturated rings. The van der Waals surface area contributed by atoms with Crippen LogP contribution in [0.4, 0.5) is 51.2 Å². The van der Waals surface area contributed by atoms with E-state index in [-0.39, 0.29) is 0 Å². The van der Waals surface area contributed by atoms with Crippen molar-refractivity contribution in [1.82, 2.24) is 0 Å². The Labute approximate surface area is 702 Å². The van der Waals surface area contributed by atoms with Crippen LogP contribution in [0.2, 0.25) is 0 Å². The van der Waals surface area contributed by atoms with Crippen LogP contribution in [0.25, 0.3) is 66.8 Å². The molecule has 3 heterocycles. The molecule has 0 radical (unpaired) electrons. The highest BCUT2D eigenvalue weighted by Crippen LogP contribution is 2.78. The summed E-state index contributed by atoms with van der Waals surface area (Å²) in [6, 6.07) is 138. The predicted molar refractivity (Wildman–Crippen MR) is 489 cm³/mol. The molecule has 120 heavy (non-hydrogen) atoms. The summed E-state index contributed by atoms with van der Waals surface area (Å²) in [6.45, 7) is 6.82. The Kier molecular flexibility index (Phi) is 17.0. The number of para-hydroxylation sites is 6. The van der Waals surface area contributed by atoms with Gasteiger partial charge in [0, 0.05) is 17.1 Å². The van der Waals surface area contributed by atoms with Gasteiger partial charge in [-0.25, -0.2) is 0 Å². The highest BCUT2D eigenvalue weighted by Gasteiger charge is 2.65. The van der Waals surface area contributed by atoms with Gasteiger partial charge in [-0.1, -0.05) is 258 Å². The standard InChI is InChI=1S/C114H84N6/c1-4-7-22-73-43-58-85(59-44-73)118-100-31-16-10-25-91(100)112(92-26-11-17-32-101(92)118)97-67-82(79-49-37-76(70-115)38-50-79)55-64-88(97)106-109(112)107-89-65-56-83(80-51-39-77(71-116)40-52-80)68-98(89)113(93-27-12-18-33-102(93)119(103-34-19-13-28-94(103)113)86-60-45-74(46-61-86)23-8-5-2)111(107)108-90-66-57-84(81-53-41-78(72-117)42-54-81)69-99(90)114(110(106)108)95-29-14-20-35-104(95)120(105-36-21-15-30-96(105)114)87-62-47-75(48-63-87)24-9-6-3/h10-21,25-69H,4-9,22-24H2,1-3H3. The van der Waals surface area contributed by atoms with E-state index in [4.69, 9.17) is 0 Å². The van der Waals surface area contributed by atoms with Crippen LogP contribution in [0.15, 0.2) is 346 Å². The molecule has 0 saturated heterocycles. The third-order valence-corrected chi connectivity index (χ3v) is 27.1. The summed E-state index contributed by atoms with van der Waals surface area (Å²) in [7, 11) is 0. The van der Waals surface area contributed by atoms with E-state index >= 15 is 0 Å². The zero-order chi connectivity index (χ0) is 80.5. The second kappa shape index (κ2) is 28.4. The number of fused-ring (bicyclic) bond motifs is 30. The molecule has 0 N–H and O–H groups in total. The molecule has 0 bridgehead atoms. The van der Waals surface area contributed by atoms with Crippen LogP contribution in [0.1, 0.15) is 159 Å². The monoisotopic (exact) mass is 1540 g/mol. The van der Waals surface area contributed by atoms with Gasteiger partial charge in [0.2, 0.25) is 0 Å². The summed E-state index contributed by atoms with van der Waals surface area (Å²) in [5, 5.41) is 31.4. The van der Waals surface area contributed by atoms with E-state index in [9.17, 15) is 15.8 Å². The van der Waals surface area contributed by atoms with Gasteiger partial charge in [-0.05, 0) is 316 Å². The van der Waals surface area contributed by atoms with Crippen molar-refractivity contribution in [1.29, 1.82) is 15.8 Å². The van der Waals surface area contributed by atoms with Crippen LogP contribution in [-0.4, -0.2) is 0 Å². The normalized spacial score (nSPS) is 14.1. The average molecular weight is 1540 g/mol. The minimum Gasteiger partial charge on any atom is -0.310 e. The summed E-state index contributed by atoms with van der Waals surface area (Å²) in [4.78, 5) is 7.65. The molecule has 0 amide bonds. The van der Waals surface area contributed by atoms with E-state index in [1.165, 1.54) is 100 Å². The molecule has 0 atom stereocenters. The fraction of sp³-hybridized carbons (Fsp3) is 0.132. The van der Waals surface area contributed by atoms with E-state index in [1.807, 2.05) is 36.4 Å². The van der Waals surface area contributed by atoms with Gasteiger partial charge in [-0.15, -0.1) is 0 Å². The van der Waals surface area contributed by atoms with Crippen molar-refractivity contribution >= 4 is 51.2 Å². The topological polar surface area (TPSA) is 81.1 Å². The molecule has 3 spiro atoms. The molecule has 0 unspecified atom stereocenters. The number of unbranched alkanes of at least 4 members (excludes halogenated alkanes) is 3. The van der Waals surface area contributed by atoms with Crippen molar-refractivity contribution in [3.05, 3.63) is 446 Å². The Morgan fingerprint density at radius 1 is 0.233 bits per heavy atom. The number of rotatable bonds is 15. The highest BCUT2D eigenvalue weighted by atomic mass is 15.2. The lowest BCUT2D eigenvalue weighted by Crippen LogP contribution is -2.39. The van der Waals surface area contributed by atoms with Crippen molar-refractivity contribution < 1.29 is 0 Å². The van der Waals surface area contributed by atoms with E-state index in [1.54, 1.807) is 0 Å². The Balaban J connectivity index is 0.973. The number of benzene rings is 16. The molecular weight excluding hydrogens is 1450 g/mol. The maximum absolute atomic E-state index is 10.5. The van der Waals surface area contributed by atoms with Crippen molar-refractivity contribution in [2.24, 2.45) is 0 Å². The first-order valence-electron chi connectivity index (χ1n) is 42.7. The summed E-state index contributed by atoms with van der Waals surface area (Å²) in [5.41, 5.74) is 39.7. The van der Waals surface area contributed by atoms with Crippen molar-refractivity contribution in [3.63, 3.8) is 0 Å². The number of nitrogens with zero attached hydrogens (tertiary/aromatic N) is 6. The lowest BCUT2D eigenvalue weighted by atomic mass is 9.58. The number of aryl methyl sites for hydroxylation is 3. The Bertz CT molecular complexity index is 6170. The van der Waals surface area contributed by atoms with Crippen molar-refractivity contribution in [2.75, 3.05) is 14.7 Å². The first-order valence-corrected chi connectivity index (χ1v) is 42.7. The third kappa shape index (κ3) is 10.3. The minimum atomic E-state index is -1.10. The van der Waals surface area contributed by atoms with Gasteiger partial charge in [0.25, 0.3) is 0 Å². The molecule has 3 aliphatic heterocycles. The third-order valence-electron chi connectivity index (χ3n) is 27.1. The van der Waals surface area contributed by atoms with Gasteiger partial charge >= 0.3 is 0 Å². The predicted octanol–water partition coefficient (Wildman–Crippen LogP) is 28.8. The second-order valence-electron chi connectivity index (χ2n) is 33.3. The molecule has 22 rings (SSSR count). The summed E-state index contributed by atoms with van der Waals surface area (Å²) < 4.78 is 0. The fourth-order valence-electron chi connectivity index (χ4n) is 21.9. The lowest BCUT2D eigenvalue weighted by Gasteiger charge is -2.48. The number of hydrogen-bond donors (Lipinski definition) is 0. The average Bonchev–Trinajstić information content (AvgIpc) is 1.45. The molecule has 16 aromatic carbocycles. The van der Waals surface area contributed by atoms with Gasteiger partial charge < -0.3 is 14.7 Å². The summed E-state index contributed by atoms with van der Waals surface area (Å²) in [5.74, 6) is 0. The van der Waals surface area contributed by atoms with E-state index < -0.39 is 16.2 Å². The van der Waals surface area contributed by atoms with Gasteiger partial charge in [-0.3, -0.25) is 0 Å². The number of hydrogen-bond acceptors (Lipinski definition) is 6. The van der Waals surface area contributed by atoms with E-state index in [2.05, 4.69) is 363 Å². The fourth-order valence-corrected chi connectivity index (χ4v) is 21.9. The van der Waals surface area contributed by atoms with Gasteiger partial charge in [0.1, 0.15) is 0 Å². The lowest BCUT2D eigenvalue weighted by molar-refractivity contribution is 0.727. The minimum absolute atomic E-state index is 0.607. The largest absolute Gasteiger partial charge is 0.310 e. The molecule has 6 aliphatic rings. The van der Waals surface area contributed by atoms with Crippen LogP contribution in [0.3, 0.4) is 0 Å². The molecule has 6 heteroatoms. The molecule has 0 saturated carbocycles. The zero-order valence-corrected chi connectivity index (χ0v) is 67.5. The van der Waals surface area contributed by atoms with Gasteiger partial charge in [0.15, 0.2) is 0 Å². The van der Waals surface area contributed by atoms with Crippen LogP contribution in [0, 0.1) is 34.0 Å². The van der Waals surface area contributed by atoms with Gasteiger partial charge in [0.05, 0.1) is 85.3 Å². The zero-order valence-electron chi connectivity index (χ0n) is 67.5. The quantitative estimate of drug-likeness (QED) is 0.102. The Morgan fingerprint density at radius 3 is 0.667 bits per heavy atom. The van der Waals surface area contributed by atoms with Crippen LogP contribution in [-0.2, 0) is 35.5 Å². The highest BCUT2D eigenvalue weighted by molar-refractivity contribution is 6.14. The molecular formula is C114H84N6. The number of anilines is 9. The molecule has 16 aromatic rings. The summed E-state index contributed by atoms with van der Waals surface area (Å²) in [6.07, 6.45) is 9.73. The smallest absolute Gasteiger partial charge is 0.0991 e. The van der Waals surface area contributed by atoms with Crippen molar-refractivity contribution in [3.8, 4) is 85.0 Å². The van der Waals surface area contributed by atoms with Crippen LogP contribution >= 0.6 is 0 Å². The number of nitriles is 3. The van der Waals surface area contributed by atoms with Gasteiger partial charge in [-0.2, -0.15) is 15.8 Å². The molecule has 6 nitrogen and oxygen atoms in total. The molecule has 570 valence electrons.